The first-order chi connectivity index (χ1) is 7.80. The molecule has 0 spiro atoms. The van der Waals surface area contributed by atoms with Crippen molar-refractivity contribution in [1.82, 2.24) is 10.3 Å². The van der Waals surface area contributed by atoms with Gasteiger partial charge in [-0.3, -0.25) is 9.78 Å². The maximum absolute atomic E-state index is 12.2. The fraction of sp³-hybridized carbons (Fsp3) is 0.200. The largest absolute Gasteiger partial charge is 0.433 e. The molecule has 0 saturated heterocycles. The molecule has 92 valence electrons. The molecular weight excluding hydrogens is 257 g/mol. The van der Waals surface area contributed by atoms with E-state index >= 15 is 0 Å². The molecule has 0 radical (unpaired) electrons. The summed E-state index contributed by atoms with van der Waals surface area (Å²) in [6.45, 7) is 3.40. The molecule has 1 N–H and O–H groups in total. The van der Waals surface area contributed by atoms with Crippen LogP contribution in [0.25, 0.3) is 0 Å². The van der Waals surface area contributed by atoms with Crippen molar-refractivity contribution in [2.45, 2.75) is 6.18 Å². The van der Waals surface area contributed by atoms with Crippen molar-refractivity contribution >= 4 is 17.5 Å². The SMILES string of the molecule is C=C(Cl)CNC(=O)c1ccc(C(F)(F)F)nc1. The highest BCUT2D eigenvalue weighted by Crippen LogP contribution is 2.27. The van der Waals surface area contributed by atoms with Crippen LogP contribution in [0.2, 0.25) is 0 Å². The van der Waals surface area contributed by atoms with Crippen molar-refractivity contribution in [3.63, 3.8) is 0 Å². The van der Waals surface area contributed by atoms with E-state index in [-0.39, 0.29) is 17.1 Å². The van der Waals surface area contributed by atoms with E-state index in [9.17, 15) is 18.0 Å². The van der Waals surface area contributed by atoms with Crippen LogP contribution in [-0.2, 0) is 6.18 Å². The Morgan fingerprint density at radius 2 is 2.12 bits per heavy atom. The zero-order chi connectivity index (χ0) is 13.1. The Hall–Kier alpha value is -1.56. The molecule has 0 unspecified atom stereocenters. The zero-order valence-corrected chi connectivity index (χ0v) is 9.27. The van der Waals surface area contributed by atoms with Crippen molar-refractivity contribution in [3.8, 4) is 0 Å². The predicted molar refractivity (Wildman–Crippen MR) is 56.6 cm³/mol. The third kappa shape index (κ3) is 4.07. The summed E-state index contributed by atoms with van der Waals surface area (Å²) in [6.07, 6.45) is -3.66. The van der Waals surface area contributed by atoms with Gasteiger partial charge in [0.25, 0.3) is 5.91 Å². The number of nitrogens with one attached hydrogen (secondary N) is 1. The lowest BCUT2D eigenvalue weighted by Gasteiger charge is -2.06. The molecule has 0 fully saturated rings. The summed E-state index contributed by atoms with van der Waals surface area (Å²) in [7, 11) is 0. The molecule has 3 nitrogen and oxygen atoms in total. The summed E-state index contributed by atoms with van der Waals surface area (Å²) in [5, 5.41) is 2.59. The van der Waals surface area contributed by atoms with Crippen LogP contribution in [0.3, 0.4) is 0 Å². The number of halogens is 4. The van der Waals surface area contributed by atoms with Gasteiger partial charge in [-0.2, -0.15) is 13.2 Å². The highest BCUT2D eigenvalue weighted by atomic mass is 35.5. The molecular formula is C10H8ClF3N2O. The number of alkyl halides is 3. The molecule has 1 rings (SSSR count). The number of hydrogen-bond donors (Lipinski definition) is 1. The maximum atomic E-state index is 12.2. The van der Waals surface area contributed by atoms with Crippen LogP contribution >= 0.6 is 11.6 Å². The number of carbonyl (C=O) groups excluding carboxylic acids is 1. The molecule has 0 aliphatic carbocycles. The van der Waals surface area contributed by atoms with Crippen LogP contribution in [0.15, 0.2) is 29.9 Å². The number of pyridine rings is 1. The lowest BCUT2D eigenvalue weighted by molar-refractivity contribution is -0.141. The van der Waals surface area contributed by atoms with Gasteiger partial charge in [0, 0.05) is 11.2 Å². The number of hydrogen-bond acceptors (Lipinski definition) is 2. The first-order valence-corrected chi connectivity index (χ1v) is 4.83. The van der Waals surface area contributed by atoms with Crippen molar-refractivity contribution in [2.24, 2.45) is 0 Å². The van der Waals surface area contributed by atoms with Gasteiger partial charge in [-0.25, -0.2) is 0 Å². The molecule has 1 aromatic rings. The van der Waals surface area contributed by atoms with Gasteiger partial charge in [0.2, 0.25) is 0 Å². The number of nitrogens with zero attached hydrogens (tertiary/aromatic N) is 1. The highest BCUT2D eigenvalue weighted by molar-refractivity contribution is 6.29. The average Bonchev–Trinajstić information content (AvgIpc) is 2.25. The fourth-order valence-electron chi connectivity index (χ4n) is 0.974. The molecule has 0 bridgehead atoms. The molecule has 0 atom stereocenters. The van der Waals surface area contributed by atoms with Gasteiger partial charge in [-0.05, 0) is 12.1 Å². The molecule has 7 heteroatoms. The third-order valence-corrected chi connectivity index (χ3v) is 1.89. The summed E-state index contributed by atoms with van der Waals surface area (Å²) in [5.41, 5.74) is -1.02. The van der Waals surface area contributed by atoms with E-state index in [2.05, 4.69) is 16.9 Å². The van der Waals surface area contributed by atoms with Crippen LogP contribution in [0.5, 0.6) is 0 Å². The summed E-state index contributed by atoms with van der Waals surface area (Å²) in [6, 6.07) is 1.78. The Kier molecular flexibility index (Phi) is 4.11. The minimum atomic E-state index is -4.51. The smallest absolute Gasteiger partial charge is 0.347 e. The fourth-order valence-corrected chi connectivity index (χ4v) is 1.04. The van der Waals surface area contributed by atoms with Crippen molar-refractivity contribution < 1.29 is 18.0 Å². The average molecular weight is 265 g/mol. The minimum absolute atomic E-state index is 0.0240. The van der Waals surface area contributed by atoms with Gasteiger partial charge in [-0.1, -0.05) is 18.2 Å². The van der Waals surface area contributed by atoms with E-state index in [0.29, 0.717) is 0 Å². The van der Waals surface area contributed by atoms with Crippen molar-refractivity contribution in [3.05, 3.63) is 41.2 Å². The summed E-state index contributed by atoms with van der Waals surface area (Å²) >= 11 is 5.42. The Morgan fingerprint density at radius 1 is 1.47 bits per heavy atom. The van der Waals surface area contributed by atoms with Crippen LogP contribution in [0.1, 0.15) is 16.1 Å². The summed E-state index contributed by atoms with van der Waals surface area (Å²) < 4.78 is 36.5. The summed E-state index contributed by atoms with van der Waals surface area (Å²) in [4.78, 5) is 14.5. The second-order valence-electron chi connectivity index (χ2n) is 3.13. The maximum Gasteiger partial charge on any atom is 0.433 e. The van der Waals surface area contributed by atoms with E-state index in [4.69, 9.17) is 11.6 Å². The first kappa shape index (κ1) is 13.5. The monoisotopic (exact) mass is 264 g/mol. The topological polar surface area (TPSA) is 42.0 Å². The predicted octanol–water partition coefficient (Wildman–Crippen LogP) is 2.58. The Balaban J connectivity index is 2.74. The van der Waals surface area contributed by atoms with Gasteiger partial charge in [-0.15, -0.1) is 0 Å². The van der Waals surface area contributed by atoms with Crippen LogP contribution < -0.4 is 5.32 Å². The number of rotatable bonds is 3. The molecule has 1 amide bonds. The molecule has 1 aromatic heterocycles. The highest BCUT2D eigenvalue weighted by Gasteiger charge is 2.32. The van der Waals surface area contributed by atoms with E-state index < -0.39 is 17.8 Å². The Bertz CT molecular complexity index is 428. The number of aromatic nitrogens is 1. The lowest BCUT2D eigenvalue weighted by Crippen LogP contribution is -2.24. The lowest BCUT2D eigenvalue weighted by atomic mass is 10.2. The van der Waals surface area contributed by atoms with E-state index in [1.165, 1.54) is 0 Å². The third-order valence-electron chi connectivity index (χ3n) is 1.76. The van der Waals surface area contributed by atoms with Gasteiger partial charge in [0.15, 0.2) is 0 Å². The van der Waals surface area contributed by atoms with Gasteiger partial charge in [0.05, 0.1) is 12.1 Å². The second-order valence-corrected chi connectivity index (χ2v) is 3.66. The van der Waals surface area contributed by atoms with Crippen LogP contribution in [0, 0.1) is 0 Å². The van der Waals surface area contributed by atoms with Crippen molar-refractivity contribution in [1.29, 1.82) is 0 Å². The molecule has 0 aliphatic rings. The minimum Gasteiger partial charge on any atom is -0.347 e. The van der Waals surface area contributed by atoms with Crippen molar-refractivity contribution in [2.75, 3.05) is 6.54 Å². The van der Waals surface area contributed by atoms with Gasteiger partial charge in [0.1, 0.15) is 5.69 Å². The first-order valence-electron chi connectivity index (χ1n) is 4.45. The molecule has 0 aromatic carbocycles. The van der Waals surface area contributed by atoms with Crippen LogP contribution in [-0.4, -0.2) is 17.4 Å². The van der Waals surface area contributed by atoms with Crippen LogP contribution in [0.4, 0.5) is 13.2 Å². The quantitative estimate of drug-likeness (QED) is 0.912. The molecule has 0 aliphatic heterocycles. The Labute approximate surface area is 100 Å². The second kappa shape index (κ2) is 5.18. The van der Waals surface area contributed by atoms with E-state index in [1.807, 2.05) is 0 Å². The Morgan fingerprint density at radius 3 is 2.53 bits per heavy atom. The number of amides is 1. The zero-order valence-electron chi connectivity index (χ0n) is 8.51. The molecule has 17 heavy (non-hydrogen) atoms. The number of carbonyl (C=O) groups is 1. The van der Waals surface area contributed by atoms with E-state index in [0.717, 1.165) is 18.3 Å². The standard InChI is InChI=1S/C10H8ClF3N2O/c1-6(11)4-16-9(17)7-2-3-8(15-5-7)10(12,13)14/h2-3,5H,1,4H2,(H,16,17). The summed E-state index contributed by atoms with van der Waals surface area (Å²) in [5.74, 6) is -0.562. The van der Waals surface area contributed by atoms with Gasteiger partial charge >= 0.3 is 6.18 Å². The molecule has 1 heterocycles. The van der Waals surface area contributed by atoms with E-state index in [1.54, 1.807) is 0 Å². The van der Waals surface area contributed by atoms with Gasteiger partial charge < -0.3 is 5.32 Å². The molecule has 0 saturated carbocycles. The normalized spacial score (nSPS) is 11.1.